The normalized spacial score (nSPS) is 15.1. The van der Waals surface area contributed by atoms with E-state index in [0.717, 1.165) is 21.7 Å². The maximum atomic E-state index is 13.1. The van der Waals surface area contributed by atoms with E-state index < -0.39 is 16.1 Å². The van der Waals surface area contributed by atoms with Gasteiger partial charge in [0.05, 0.1) is 18.0 Å². The Morgan fingerprint density at radius 3 is 2.35 bits per heavy atom. The second-order valence-electron chi connectivity index (χ2n) is 7.88. The average Bonchev–Trinajstić information content (AvgIpc) is 2.72. The quantitative estimate of drug-likeness (QED) is 0.704. The number of rotatable bonds is 7. The van der Waals surface area contributed by atoms with E-state index in [1.165, 1.54) is 5.56 Å². The van der Waals surface area contributed by atoms with Gasteiger partial charge in [0, 0.05) is 6.07 Å². The molecule has 1 amide bonds. The number of hydrogen-bond acceptors (Lipinski definition) is 5. The third-order valence-corrected chi connectivity index (χ3v) is 6.77. The summed E-state index contributed by atoms with van der Waals surface area (Å²) in [6.45, 7) is 8.47. The Balaban J connectivity index is 1.86. The smallest absolute Gasteiger partial charge is 0.244 e. The van der Waals surface area contributed by atoms with Gasteiger partial charge in [0.15, 0.2) is 11.5 Å². The molecule has 0 aliphatic carbocycles. The molecule has 2 aromatic rings. The number of nitrogens with zero attached hydrogens (tertiary/aromatic N) is 1. The van der Waals surface area contributed by atoms with Gasteiger partial charge in [0.25, 0.3) is 0 Å². The van der Waals surface area contributed by atoms with Crippen LogP contribution < -0.4 is 19.1 Å². The largest absolute Gasteiger partial charge is 0.486 e. The number of aryl methyl sites for hydroxylation is 2. The van der Waals surface area contributed by atoms with Gasteiger partial charge in [-0.1, -0.05) is 25.1 Å². The van der Waals surface area contributed by atoms with Gasteiger partial charge >= 0.3 is 0 Å². The zero-order valence-corrected chi connectivity index (χ0v) is 19.5. The minimum atomic E-state index is -3.73. The zero-order valence-electron chi connectivity index (χ0n) is 18.6. The summed E-state index contributed by atoms with van der Waals surface area (Å²) in [4.78, 5) is 13.1. The van der Waals surface area contributed by atoms with Crippen LogP contribution in [-0.4, -0.2) is 39.8 Å². The number of sulfonamides is 1. The minimum absolute atomic E-state index is 0.212. The molecule has 1 aliphatic rings. The molecule has 7 nitrogen and oxygen atoms in total. The molecule has 2 atom stereocenters. The number of nitrogens with one attached hydrogen (secondary N) is 1. The first-order valence-electron chi connectivity index (χ1n) is 10.4. The predicted molar refractivity (Wildman–Crippen MR) is 121 cm³/mol. The second-order valence-corrected chi connectivity index (χ2v) is 9.74. The maximum absolute atomic E-state index is 13.1. The Bertz CT molecular complexity index is 1070. The average molecular weight is 447 g/mol. The van der Waals surface area contributed by atoms with Crippen LogP contribution in [0.3, 0.4) is 0 Å². The van der Waals surface area contributed by atoms with Crippen molar-refractivity contribution in [3.63, 3.8) is 0 Å². The Hall–Kier alpha value is -2.74. The van der Waals surface area contributed by atoms with Gasteiger partial charge in [-0.25, -0.2) is 8.42 Å². The van der Waals surface area contributed by atoms with Crippen LogP contribution in [0.15, 0.2) is 36.4 Å². The van der Waals surface area contributed by atoms with Crippen molar-refractivity contribution in [2.24, 2.45) is 0 Å². The lowest BCUT2D eigenvalue weighted by molar-refractivity contribution is -0.122. The van der Waals surface area contributed by atoms with Gasteiger partial charge in [-0.2, -0.15) is 0 Å². The van der Waals surface area contributed by atoms with Crippen LogP contribution in [0.25, 0.3) is 0 Å². The third-order valence-electron chi connectivity index (χ3n) is 5.53. The third kappa shape index (κ3) is 5.12. The molecular weight excluding hydrogens is 416 g/mol. The van der Waals surface area contributed by atoms with Crippen molar-refractivity contribution in [2.75, 3.05) is 23.8 Å². The van der Waals surface area contributed by atoms with Crippen molar-refractivity contribution in [1.82, 2.24) is 5.32 Å². The van der Waals surface area contributed by atoms with E-state index >= 15 is 0 Å². The first-order valence-corrected chi connectivity index (χ1v) is 12.2. The Labute approximate surface area is 184 Å². The molecule has 3 rings (SSSR count). The first kappa shape index (κ1) is 22.9. The molecule has 1 N–H and O–H groups in total. The van der Waals surface area contributed by atoms with Crippen LogP contribution >= 0.6 is 0 Å². The molecule has 0 bridgehead atoms. The van der Waals surface area contributed by atoms with Crippen LogP contribution in [0.2, 0.25) is 0 Å². The fourth-order valence-electron chi connectivity index (χ4n) is 3.67. The molecule has 31 heavy (non-hydrogen) atoms. The second kappa shape index (κ2) is 9.18. The maximum Gasteiger partial charge on any atom is 0.244 e. The minimum Gasteiger partial charge on any atom is -0.486 e. The molecule has 0 aromatic heterocycles. The lowest BCUT2D eigenvalue weighted by atomic mass is 9.99. The molecule has 2 aromatic carbocycles. The van der Waals surface area contributed by atoms with Crippen molar-refractivity contribution in [2.45, 2.75) is 46.2 Å². The molecular formula is C23H30N2O5S. The highest BCUT2D eigenvalue weighted by Gasteiger charge is 2.31. The molecule has 8 heteroatoms. The van der Waals surface area contributed by atoms with E-state index in [-0.39, 0.29) is 11.9 Å². The molecule has 1 aliphatic heterocycles. The van der Waals surface area contributed by atoms with Gasteiger partial charge in [-0.3, -0.25) is 9.10 Å². The Kier molecular flexibility index (Phi) is 6.79. The molecule has 0 unspecified atom stereocenters. The summed E-state index contributed by atoms with van der Waals surface area (Å²) in [5.41, 5.74) is 3.68. The number of carbonyl (C=O) groups excluding carboxylic acids is 1. The van der Waals surface area contributed by atoms with Crippen molar-refractivity contribution in [3.05, 3.63) is 53.1 Å². The van der Waals surface area contributed by atoms with Crippen molar-refractivity contribution in [3.8, 4) is 11.5 Å². The van der Waals surface area contributed by atoms with Crippen LogP contribution in [0.1, 0.15) is 43.0 Å². The number of hydrogen-bond donors (Lipinski definition) is 1. The number of fused-ring (bicyclic) bond motifs is 1. The van der Waals surface area contributed by atoms with Gasteiger partial charge in [0.2, 0.25) is 15.9 Å². The highest BCUT2D eigenvalue weighted by Crippen LogP contribution is 2.35. The van der Waals surface area contributed by atoms with E-state index in [2.05, 4.69) is 11.4 Å². The highest BCUT2D eigenvalue weighted by atomic mass is 32.2. The number of amides is 1. The van der Waals surface area contributed by atoms with E-state index in [4.69, 9.17) is 9.47 Å². The summed E-state index contributed by atoms with van der Waals surface area (Å²) in [6, 6.07) is 9.81. The van der Waals surface area contributed by atoms with Gasteiger partial charge in [-0.15, -0.1) is 0 Å². The monoisotopic (exact) mass is 446 g/mol. The summed E-state index contributed by atoms with van der Waals surface area (Å²) >= 11 is 0. The first-order chi connectivity index (χ1) is 14.6. The molecule has 0 radical (unpaired) electrons. The number of ether oxygens (including phenoxy) is 2. The van der Waals surface area contributed by atoms with Crippen LogP contribution in [-0.2, 0) is 14.8 Å². The topological polar surface area (TPSA) is 84.9 Å². The Morgan fingerprint density at radius 1 is 1.06 bits per heavy atom. The molecule has 1 heterocycles. The number of anilines is 1. The van der Waals surface area contributed by atoms with E-state index in [1.807, 2.05) is 32.9 Å². The fourth-order valence-corrected chi connectivity index (χ4v) is 4.84. The van der Waals surface area contributed by atoms with Crippen molar-refractivity contribution in [1.29, 1.82) is 0 Å². The summed E-state index contributed by atoms with van der Waals surface area (Å²) in [6.07, 6.45) is 1.78. The summed E-state index contributed by atoms with van der Waals surface area (Å²) in [7, 11) is -3.73. The standard InChI is InChI=1S/C23H30N2O5S/c1-6-20(18-8-7-15(2)16(3)13-18)24-23(26)17(4)25(31(5,27)28)19-9-10-21-22(14-19)30-12-11-29-21/h7-10,13-14,17,20H,6,11-12H2,1-5H3,(H,24,26)/t17-,20+/m1/s1. The summed E-state index contributed by atoms with van der Waals surface area (Å²) < 4.78 is 37.5. The number of carbonyl (C=O) groups is 1. The van der Waals surface area contributed by atoms with E-state index in [0.29, 0.717) is 36.8 Å². The van der Waals surface area contributed by atoms with Crippen molar-refractivity contribution < 1.29 is 22.7 Å². The van der Waals surface area contributed by atoms with Gasteiger partial charge in [0.1, 0.15) is 19.3 Å². The Morgan fingerprint density at radius 2 is 1.74 bits per heavy atom. The highest BCUT2D eigenvalue weighted by molar-refractivity contribution is 7.92. The van der Waals surface area contributed by atoms with E-state index in [9.17, 15) is 13.2 Å². The zero-order chi connectivity index (χ0) is 22.8. The van der Waals surface area contributed by atoms with Gasteiger partial charge < -0.3 is 14.8 Å². The molecule has 168 valence electrons. The molecule has 0 saturated carbocycles. The molecule has 0 spiro atoms. The SMILES string of the molecule is CC[C@H](NC(=O)[C@@H](C)N(c1ccc2c(c1)OCCO2)S(C)(=O)=O)c1ccc(C)c(C)c1. The molecule has 0 saturated heterocycles. The van der Waals surface area contributed by atoms with Crippen molar-refractivity contribution >= 4 is 21.6 Å². The van der Waals surface area contributed by atoms with Crippen LogP contribution in [0.5, 0.6) is 11.5 Å². The predicted octanol–water partition coefficient (Wildman–Crippen LogP) is 3.50. The molecule has 0 fully saturated rings. The van der Waals surface area contributed by atoms with Crippen LogP contribution in [0, 0.1) is 13.8 Å². The lowest BCUT2D eigenvalue weighted by Gasteiger charge is -2.30. The van der Waals surface area contributed by atoms with Gasteiger partial charge in [-0.05, 0) is 56.0 Å². The number of benzene rings is 2. The lowest BCUT2D eigenvalue weighted by Crippen LogP contribution is -2.48. The summed E-state index contributed by atoms with van der Waals surface area (Å²) in [5.74, 6) is 0.651. The van der Waals surface area contributed by atoms with E-state index in [1.54, 1.807) is 25.1 Å². The summed E-state index contributed by atoms with van der Waals surface area (Å²) in [5, 5.41) is 3.01. The van der Waals surface area contributed by atoms with Crippen LogP contribution in [0.4, 0.5) is 5.69 Å². The fraction of sp³-hybridized carbons (Fsp3) is 0.435.